The molecule has 19 heteroatoms. The van der Waals surface area contributed by atoms with Crippen LogP contribution < -0.4 is 22.4 Å². The van der Waals surface area contributed by atoms with Gasteiger partial charge in [-0.15, -0.1) is 0 Å². The summed E-state index contributed by atoms with van der Waals surface area (Å²) in [5, 5.41) is 21.2. The molecule has 5 aromatic rings. The van der Waals surface area contributed by atoms with Crippen LogP contribution in [0.2, 0.25) is 0 Å². The third-order valence-electron chi connectivity index (χ3n) is 9.67. The lowest BCUT2D eigenvalue weighted by Gasteiger charge is -2.27. The molecule has 1 amide bonds. The number of esters is 2. The fraction of sp³-hybridized carbons (Fsp3) is 0.293. The van der Waals surface area contributed by atoms with E-state index in [1.807, 2.05) is 0 Å². The zero-order valence-electron chi connectivity index (χ0n) is 32.0. The third kappa shape index (κ3) is 9.29. The molecular formula is C41H40F2N6O11. The SMILES string of the molecule is C[C@@]1(F)[C@H](O)[C@@H](CO)O[C@H]1n1ccc(N)nc1=O.C[C@@]1(F)[C@H](OC(=O)c2ccccc2)[C@@H](COC(=O)c2ccccc2)O[C@H]1n1ccc(NC(=O)c2ccccc2)nc1=O. The maximum absolute atomic E-state index is 16.5. The number of aliphatic hydroxyl groups excluding tert-OH is 2. The second-order valence-electron chi connectivity index (χ2n) is 14.0. The lowest BCUT2D eigenvalue weighted by molar-refractivity contribution is -0.0648. The molecule has 0 bridgehead atoms. The highest BCUT2D eigenvalue weighted by molar-refractivity contribution is 6.03. The second-order valence-corrected chi connectivity index (χ2v) is 14.0. The first-order chi connectivity index (χ1) is 28.6. The Labute approximate surface area is 339 Å². The van der Waals surface area contributed by atoms with E-state index in [0.717, 1.165) is 23.0 Å². The molecular weight excluding hydrogens is 790 g/mol. The zero-order valence-corrected chi connectivity index (χ0v) is 32.0. The number of carbonyl (C=O) groups excluding carboxylic acids is 3. The van der Waals surface area contributed by atoms with E-state index in [-0.39, 0.29) is 22.8 Å². The van der Waals surface area contributed by atoms with Gasteiger partial charge in [-0.05, 0) is 62.4 Å². The van der Waals surface area contributed by atoms with Crippen LogP contribution in [0.3, 0.4) is 0 Å². The molecule has 8 atom stereocenters. The van der Waals surface area contributed by atoms with Gasteiger partial charge in [-0.25, -0.2) is 28.0 Å². The number of benzene rings is 3. The van der Waals surface area contributed by atoms with E-state index in [9.17, 15) is 33.5 Å². The van der Waals surface area contributed by atoms with Gasteiger partial charge >= 0.3 is 23.3 Å². The van der Waals surface area contributed by atoms with Crippen molar-refractivity contribution in [1.29, 1.82) is 0 Å². The van der Waals surface area contributed by atoms with Crippen LogP contribution in [-0.2, 0) is 18.9 Å². The average Bonchev–Trinajstić information content (AvgIpc) is 3.63. The Balaban J connectivity index is 0.000000279. The minimum atomic E-state index is -2.46. The van der Waals surface area contributed by atoms with Gasteiger partial charge in [0.25, 0.3) is 5.91 Å². The van der Waals surface area contributed by atoms with Crippen LogP contribution in [0.1, 0.15) is 57.4 Å². The molecule has 0 aliphatic carbocycles. The van der Waals surface area contributed by atoms with E-state index in [1.54, 1.807) is 78.9 Å². The molecule has 17 nitrogen and oxygen atoms in total. The number of ether oxygens (including phenoxy) is 4. The largest absolute Gasteiger partial charge is 0.459 e. The number of rotatable bonds is 10. The van der Waals surface area contributed by atoms with Crippen molar-refractivity contribution in [2.24, 2.45) is 0 Å². The summed E-state index contributed by atoms with van der Waals surface area (Å²) in [6.45, 7) is 1.20. The summed E-state index contributed by atoms with van der Waals surface area (Å²) in [5.41, 5.74) is -0.263. The average molecular weight is 831 g/mol. The van der Waals surface area contributed by atoms with Gasteiger partial charge < -0.3 is 40.2 Å². The van der Waals surface area contributed by atoms with Crippen molar-refractivity contribution in [3.63, 3.8) is 0 Å². The third-order valence-corrected chi connectivity index (χ3v) is 9.67. The van der Waals surface area contributed by atoms with Gasteiger partial charge in [0.1, 0.15) is 36.6 Å². The van der Waals surface area contributed by atoms with Crippen LogP contribution >= 0.6 is 0 Å². The normalized spacial score (nSPS) is 25.7. The molecule has 0 saturated carbocycles. The zero-order chi connectivity index (χ0) is 43.2. The number of nitrogens with one attached hydrogen (secondary N) is 1. The fourth-order valence-corrected chi connectivity index (χ4v) is 6.51. The maximum atomic E-state index is 16.5. The van der Waals surface area contributed by atoms with Crippen LogP contribution in [0.25, 0.3) is 0 Å². The number of aliphatic hydroxyl groups is 2. The predicted octanol–water partition coefficient (Wildman–Crippen LogP) is 3.01. The quantitative estimate of drug-likeness (QED) is 0.148. The minimum absolute atomic E-state index is 0.00839. The van der Waals surface area contributed by atoms with Crippen molar-refractivity contribution in [2.75, 3.05) is 24.3 Å². The Morgan fingerprint density at radius 2 is 1.25 bits per heavy atom. The number of nitrogens with two attached hydrogens (primary N) is 1. The van der Waals surface area contributed by atoms with Crippen molar-refractivity contribution in [3.05, 3.63) is 153 Å². The lowest BCUT2D eigenvalue weighted by Crippen LogP contribution is -2.45. The Morgan fingerprint density at radius 3 is 1.78 bits per heavy atom. The molecule has 7 rings (SSSR count). The van der Waals surface area contributed by atoms with Gasteiger partial charge in [0, 0.05) is 18.0 Å². The molecule has 314 valence electrons. The number of amides is 1. The van der Waals surface area contributed by atoms with Gasteiger partial charge in [-0.3, -0.25) is 13.9 Å². The summed E-state index contributed by atoms with van der Waals surface area (Å²) in [6, 6.07) is 27.1. The number of nitrogen functional groups attached to an aromatic ring is 1. The van der Waals surface area contributed by atoms with E-state index in [4.69, 9.17) is 29.8 Å². The van der Waals surface area contributed by atoms with Crippen LogP contribution in [0.4, 0.5) is 20.4 Å². The van der Waals surface area contributed by atoms with Crippen LogP contribution in [0.15, 0.2) is 125 Å². The standard InChI is InChI=1S/C31H26FN3O7.C10H14FN3O4/c1-31(32)25(42-28(38)22-15-9-4-10-16-22)23(19-40-27(37)21-13-7-3-8-14-21)41-29(31)35-18-17-24(34-30(35)39)33-26(36)20-11-5-2-6-12-20;1-10(11)7(16)5(4-15)18-8(10)14-3-2-6(12)13-9(14)17/h2-18,23,25,29H,19H2,1H3,(H,33,34,36,39);2-3,5,7-8,15-16H,4H2,1H3,(H2,12,13,17)/t23-,25-,29-,31-;5-,7-,8-,10-/m11/s1. The Hall–Kier alpha value is -6.67. The fourth-order valence-electron chi connectivity index (χ4n) is 6.51. The number of hydrogen-bond acceptors (Lipinski definition) is 14. The number of halogens is 2. The van der Waals surface area contributed by atoms with Gasteiger partial charge in [-0.1, -0.05) is 54.6 Å². The summed E-state index contributed by atoms with van der Waals surface area (Å²) in [4.78, 5) is 69.8. The Bertz CT molecular complexity index is 2420. The van der Waals surface area contributed by atoms with Crippen molar-refractivity contribution < 1.29 is 52.3 Å². The molecule has 3 aromatic carbocycles. The van der Waals surface area contributed by atoms with E-state index in [0.29, 0.717) is 5.56 Å². The van der Waals surface area contributed by atoms with Gasteiger partial charge in [0.15, 0.2) is 29.9 Å². The lowest BCUT2D eigenvalue weighted by atomic mass is 9.98. The summed E-state index contributed by atoms with van der Waals surface area (Å²) >= 11 is 0. The van der Waals surface area contributed by atoms with E-state index in [1.165, 1.54) is 36.7 Å². The number of alkyl halides is 2. The first-order valence-corrected chi connectivity index (χ1v) is 18.4. The molecule has 2 saturated heterocycles. The Kier molecular flexibility index (Phi) is 12.9. The number of nitrogens with zero attached hydrogens (tertiary/aromatic N) is 4. The van der Waals surface area contributed by atoms with E-state index < -0.39 is 90.6 Å². The monoisotopic (exact) mass is 830 g/mol. The molecule has 4 heterocycles. The summed E-state index contributed by atoms with van der Waals surface area (Å²) in [7, 11) is 0. The highest BCUT2D eigenvalue weighted by Crippen LogP contribution is 2.43. The minimum Gasteiger partial charge on any atom is -0.459 e. The highest BCUT2D eigenvalue weighted by Gasteiger charge is 2.59. The predicted molar refractivity (Wildman–Crippen MR) is 208 cm³/mol. The topological polar surface area (TPSA) is 236 Å². The maximum Gasteiger partial charge on any atom is 0.351 e. The van der Waals surface area contributed by atoms with Crippen molar-refractivity contribution in [3.8, 4) is 0 Å². The smallest absolute Gasteiger partial charge is 0.351 e. The molecule has 5 N–H and O–H groups in total. The summed E-state index contributed by atoms with van der Waals surface area (Å²) < 4.78 is 54.6. The molecule has 0 spiro atoms. The molecule has 2 aromatic heterocycles. The Morgan fingerprint density at radius 1 is 0.750 bits per heavy atom. The van der Waals surface area contributed by atoms with Crippen molar-refractivity contribution in [1.82, 2.24) is 19.1 Å². The molecule has 2 fully saturated rings. The van der Waals surface area contributed by atoms with Crippen LogP contribution in [-0.4, -0.2) is 96.1 Å². The molecule has 2 aliphatic heterocycles. The van der Waals surface area contributed by atoms with Gasteiger partial charge in [-0.2, -0.15) is 9.97 Å². The van der Waals surface area contributed by atoms with Crippen molar-refractivity contribution in [2.45, 2.75) is 62.1 Å². The number of carbonyl (C=O) groups is 3. The molecule has 60 heavy (non-hydrogen) atoms. The molecule has 2 aliphatic rings. The van der Waals surface area contributed by atoms with Crippen LogP contribution in [0, 0.1) is 0 Å². The number of hydrogen-bond donors (Lipinski definition) is 4. The first-order valence-electron chi connectivity index (χ1n) is 18.4. The first kappa shape index (κ1) is 42.9. The van der Waals surface area contributed by atoms with Crippen molar-refractivity contribution >= 4 is 29.5 Å². The van der Waals surface area contributed by atoms with Gasteiger partial charge in [0.05, 0.1) is 17.7 Å². The van der Waals surface area contributed by atoms with E-state index >= 15 is 4.39 Å². The van der Waals surface area contributed by atoms with E-state index in [2.05, 4.69) is 15.3 Å². The summed E-state index contributed by atoms with van der Waals surface area (Å²) in [6.07, 6.45) is -5.97. The van der Waals surface area contributed by atoms with Gasteiger partial charge in [0.2, 0.25) is 0 Å². The molecule has 0 unspecified atom stereocenters. The molecule has 0 radical (unpaired) electrons. The van der Waals surface area contributed by atoms with Crippen LogP contribution in [0.5, 0.6) is 0 Å². The number of aromatic nitrogens is 4. The highest BCUT2D eigenvalue weighted by atomic mass is 19.1. The summed E-state index contributed by atoms with van der Waals surface area (Å²) in [5.74, 6) is -2.04. The number of anilines is 2. The second kappa shape index (κ2) is 18.1.